The number of nitrogens with one attached hydrogen (secondary N) is 4. The van der Waals surface area contributed by atoms with E-state index < -0.39 is 60.2 Å². The SMILES string of the molecule is CC(C)CC(NC(=O)C(CC(N)=O)NC(=O)C(N)Cc1ccc(O)cc1)C(=O)NC(Cc1cnc[nH]1)C(=O)O. The van der Waals surface area contributed by atoms with Gasteiger partial charge in [-0.25, -0.2) is 9.78 Å². The number of carboxylic acids is 1. The highest BCUT2D eigenvalue weighted by Gasteiger charge is 2.31. The molecule has 0 spiro atoms. The first kappa shape index (κ1) is 30.8. The molecule has 4 amide bonds. The Labute approximate surface area is 224 Å². The van der Waals surface area contributed by atoms with Gasteiger partial charge in [0.2, 0.25) is 23.6 Å². The fraction of sp³-hybridized carbons (Fsp3) is 0.440. The lowest BCUT2D eigenvalue weighted by molar-refractivity contribution is -0.142. The van der Waals surface area contributed by atoms with Crippen LogP contribution in [0.15, 0.2) is 36.8 Å². The largest absolute Gasteiger partial charge is 0.508 e. The number of aliphatic carboxylic acids is 1. The van der Waals surface area contributed by atoms with Gasteiger partial charge in [0.05, 0.1) is 18.8 Å². The normalized spacial score (nSPS) is 14.1. The van der Waals surface area contributed by atoms with Crippen molar-refractivity contribution in [2.24, 2.45) is 17.4 Å². The van der Waals surface area contributed by atoms with E-state index in [0.29, 0.717) is 11.3 Å². The van der Waals surface area contributed by atoms with Crippen molar-refractivity contribution in [1.82, 2.24) is 25.9 Å². The second-order valence-electron chi connectivity index (χ2n) is 9.58. The number of phenolic OH excluding ortho intramolecular Hbond substituents is 1. The lowest BCUT2D eigenvalue weighted by Gasteiger charge is -2.25. The van der Waals surface area contributed by atoms with Gasteiger partial charge in [0, 0.05) is 18.3 Å². The van der Waals surface area contributed by atoms with Crippen molar-refractivity contribution in [2.75, 3.05) is 0 Å². The van der Waals surface area contributed by atoms with Gasteiger partial charge >= 0.3 is 5.97 Å². The number of aromatic nitrogens is 2. The molecule has 2 rings (SSSR count). The van der Waals surface area contributed by atoms with Crippen molar-refractivity contribution in [3.8, 4) is 5.75 Å². The molecule has 0 aliphatic carbocycles. The molecule has 212 valence electrons. The Hall–Kier alpha value is -4.46. The van der Waals surface area contributed by atoms with E-state index in [-0.39, 0.29) is 30.9 Å². The first-order chi connectivity index (χ1) is 18.3. The molecule has 39 heavy (non-hydrogen) atoms. The number of carbonyl (C=O) groups is 5. The number of primary amides is 1. The molecule has 10 N–H and O–H groups in total. The van der Waals surface area contributed by atoms with Gasteiger partial charge in [-0.05, 0) is 36.5 Å². The van der Waals surface area contributed by atoms with E-state index in [2.05, 4.69) is 25.9 Å². The third-order valence-corrected chi connectivity index (χ3v) is 5.70. The van der Waals surface area contributed by atoms with Gasteiger partial charge < -0.3 is 42.6 Å². The summed E-state index contributed by atoms with van der Waals surface area (Å²) in [6.07, 6.45) is 2.41. The van der Waals surface area contributed by atoms with Gasteiger partial charge in [-0.15, -0.1) is 0 Å². The first-order valence-corrected chi connectivity index (χ1v) is 12.3. The van der Waals surface area contributed by atoms with Gasteiger partial charge in [-0.2, -0.15) is 0 Å². The number of carboxylic acid groups (broad SMARTS) is 1. The summed E-state index contributed by atoms with van der Waals surface area (Å²) < 4.78 is 0. The number of H-pyrrole nitrogens is 1. The molecule has 14 nitrogen and oxygen atoms in total. The number of phenols is 1. The third kappa shape index (κ3) is 10.4. The summed E-state index contributed by atoms with van der Waals surface area (Å²) in [7, 11) is 0. The molecule has 0 aliphatic heterocycles. The van der Waals surface area contributed by atoms with Crippen LogP contribution in [0.1, 0.15) is 37.9 Å². The maximum absolute atomic E-state index is 13.1. The van der Waals surface area contributed by atoms with Crippen molar-refractivity contribution in [3.63, 3.8) is 0 Å². The van der Waals surface area contributed by atoms with Crippen LogP contribution in [0.4, 0.5) is 0 Å². The van der Waals surface area contributed by atoms with Crippen molar-refractivity contribution in [2.45, 2.75) is 63.7 Å². The summed E-state index contributed by atoms with van der Waals surface area (Å²) in [5.41, 5.74) is 12.4. The van der Waals surface area contributed by atoms with E-state index in [1.54, 1.807) is 26.0 Å². The number of hydrogen-bond donors (Lipinski definition) is 8. The fourth-order valence-electron chi connectivity index (χ4n) is 3.73. The minimum Gasteiger partial charge on any atom is -0.508 e. The summed E-state index contributed by atoms with van der Waals surface area (Å²) in [6, 6.07) is 1.06. The van der Waals surface area contributed by atoms with E-state index in [0.717, 1.165) is 0 Å². The van der Waals surface area contributed by atoms with E-state index in [1.165, 1.54) is 24.7 Å². The van der Waals surface area contributed by atoms with Crippen LogP contribution in [-0.4, -0.2) is 73.9 Å². The Balaban J connectivity index is 2.11. The van der Waals surface area contributed by atoms with Crippen LogP contribution in [0.25, 0.3) is 0 Å². The molecule has 4 atom stereocenters. The highest BCUT2D eigenvalue weighted by Crippen LogP contribution is 2.11. The zero-order chi connectivity index (χ0) is 29.1. The number of hydrogen-bond acceptors (Lipinski definition) is 8. The molecule has 0 aliphatic rings. The first-order valence-electron chi connectivity index (χ1n) is 12.3. The van der Waals surface area contributed by atoms with Gasteiger partial charge in [0.25, 0.3) is 0 Å². The van der Waals surface area contributed by atoms with Crippen LogP contribution in [0, 0.1) is 5.92 Å². The number of aromatic hydroxyl groups is 1. The second kappa shape index (κ2) is 14.5. The van der Waals surface area contributed by atoms with Crippen LogP contribution in [0.3, 0.4) is 0 Å². The van der Waals surface area contributed by atoms with Crippen LogP contribution in [-0.2, 0) is 36.8 Å². The second-order valence-corrected chi connectivity index (χ2v) is 9.58. The maximum atomic E-state index is 13.1. The summed E-state index contributed by atoms with van der Waals surface area (Å²) in [4.78, 5) is 68.8. The summed E-state index contributed by atoms with van der Waals surface area (Å²) >= 11 is 0. The molecular weight excluding hydrogens is 510 g/mol. The molecular formula is C25H35N7O7. The fourth-order valence-corrected chi connectivity index (χ4v) is 3.73. The number of nitrogens with two attached hydrogens (primary N) is 2. The van der Waals surface area contributed by atoms with Crippen molar-refractivity contribution in [1.29, 1.82) is 0 Å². The lowest BCUT2D eigenvalue weighted by Crippen LogP contribution is -2.58. The smallest absolute Gasteiger partial charge is 0.326 e. The highest BCUT2D eigenvalue weighted by molar-refractivity contribution is 5.96. The number of rotatable bonds is 15. The average Bonchev–Trinajstić information content (AvgIpc) is 3.36. The van der Waals surface area contributed by atoms with Crippen molar-refractivity contribution in [3.05, 3.63) is 48.0 Å². The Morgan fingerprint density at radius 3 is 2.05 bits per heavy atom. The van der Waals surface area contributed by atoms with E-state index >= 15 is 0 Å². The Kier molecular flexibility index (Phi) is 11.4. The molecule has 14 heteroatoms. The standard InChI is InChI=1S/C25H35N7O7/c1-13(2)7-18(23(36)32-20(25(38)39)9-15-11-28-12-29-15)31-24(37)19(10-21(27)34)30-22(35)17(26)8-14-3-5-16(33)6-4-14/h3-6,11-13,17-20,33H,7-10,26H2,1-2H3,(H2,27,34)(H,28,29)(H,30,35)(H,31,37)(H,32,36)(H,38,39). The number of amides is 4. The zero-order valence-electron chi connectivity index (χ0n) is 21.7. The maximum Gasteiger partial charge on any atom is 0.326 e. The summed E-state index contributed by atoms with van der Waals surface area (Å²) in [5.74, 6) is -4.55. The summed E-state index contributed by atoms with van der Waals surface area (Å²) in [5, 5.41) is 26.3. The van der Waals surface area contributed by atoms with Crippen LogP contribution in [0.2, 0.25) is 0 Å². The molecule has 1 aromatic carbocycles. The molecule has 1 heterocycles. The minimum atomic E-state index is -1.43. The number of carbonyl (C=O) groups excluding carboxylic acids is 4. The van der Waals surface area contributed by atoms with E-state index in [4.69, 9.17) is 11.5 Å². The molecule has 0 saturated heterocycles. The zero-order valence-corrected chi connectivity index (χ0v) is 21.7. The Morgan fingerprint density at radius 2 is 1.51 bits per heavy atom. The predicted molar refractivity (Wildman–Crippen MR) is 139 cm³/mol. The van der Waals surface area contributed by atoms with Crippen LogP contribution < -0.4 is 27.4 Å². The number of nitrogens with zero attached hydrogens (tertiary/aromatic N) is 1. The Morgan fingerprint density at radius 1 is 0.923 bits per heavy atom. The molecule has 0 bridgehead atoms. The van der Waals surface area contributed by atoms with E-state index in [9.17, 15) is 34.2 Å². The topological polar surface area (TPSA) is 243 Å². The van der Waals surface area contributed by atoms with Gasteiger partial charge in [-0.3, -0.25) is 19.2 Å². The van der Waals surface area contributed by atoms with Crippen molar-refractivity contribution < 1.29 is 34.2 Å². The molecule has 2 aromatic rings. The summed E-state index contributed by atoms with van der Waals surface area (Å²) in [6.45, 7) is 3.60. The van der Waals surface area contributed by atoms with Crippen LogP contribution in [0.5, 0.6) is 5.75 Å². The van der Waals surface area contributed by atoms with Gasteiger partial charge in [0.15, 0.2) is 0 Å². The Bertz CT molecular complexity index is 1140. The third-order valence-electron chi connectivity index (χ3n) is 5.70. The number of benzene rings is 1. The monoisotopic (exact) mass is 545 g/mol. The quantitative estimate of drug-likeness (QED) is 0.132. The van der Waals surface area contributed by atoms with E-state index in [1.807, 2.05) is 0 Å². The highest BCUT2D eigenvalue weighted by atomic mass is 16.4. The molecule has 0 radical (unpaired) electrons. The molecule has 1 aromatic heterocycles. The van der Waals surface area contributed by atoms with Crippen LogP contribution >= 0.6 is 0 Å². The predicted octanol–water partition coefficient (Wildman–Crippen LogP) is -1.31. The number of imidazole rings is 1. The number of aromatic amines is 1. The van der Waals surface area contributed by atoms with Crippen molar-refractivity contribution >= 4 is 29.6 Å². The molecule has 4 unspecified atom stereocenters. The lowest BCUT2D eigenvalue weighted by atomic mass is 10.0. The van der Waals surface area contributed by atoms with Gasteiger partial charge in [-0.1, -0.05) is 26.0 Å². The molecule has 0 saturated carbocycles. The van der Waals surface area contributed by atoms with Gasteiger partial charge in [0.1, 0.15) is 23.9 Å². The molecule has 0 fully saturated rings. The minimum absolute atomic E-state index is 0.0472. The average molecular weight is 546 g/mol.